The highest BCUT2D eigenvalue weighted by Crippen LogP contribution is 2.16. The Morgan fingerprint density at radius 3 is 2.84 bits per heavy atom. The zero-order valence-corrected chi connectivity index (χ0v) is 11.9. The number of nitrogens with one attached hydrogen (secondary N) is 2. The molecule has 0 aromatic heterocycles. The van der Waals surface area contributed by atoms with E-state index in [0.29, 0.717) is 5.92 Å². The standard InChI is InChI=1S/C16H24N2O/c1-12(2)6-5-9-17-16(19)15-10-13-7-3-4-8-14(13)11-18-15/h3-4,7-8,12,15,18H,5-6,9-11H2,1-2H3,(H,17,19)/t15-/m0/s1. The fourth-order valence-electron chi connectivity index (χ4n) is 2.48. The summed E-state index contributed by atoms with van der Waals surface area (Å²) < 4.78 is 0. The second kappa shape index (κ2) is 6.71. The molecule has 104 valence electrons. The fraction of sp³-hybridized carbons (Fsp3) is 0.562. The number of carbonyl (C=O) groups is 1. The molecule has 1 amide bonds. The summed E-state index contributed by atoms with van der Waals surface area (Å²) in [7, 11) is 0. The van der Waals surface area contributed by atoms with Crippen molar-refractivity contribution >= 4 is 5.91 Å². The van der Waals surface area contributed by atoms with Gasteiger partial charge >= 0.3 is 0 Å². The molecule has 19 heavy (non-hydrogen) atoms. The highest BCUT2D eigenvalue weighted by Gasteiger charge is 2.23. The second-order valence-electron chi connectivity index (χ2n) is 5.73. The molecule has 2 rings (SSSR count). The largest absolute Gasteiger partial charge is 0.355 e. The van der Waals surface area contributed by atoms with Crippen LogP contribution < -0.4 is 10.6 Å². The van der Waals surface area contributed by atoms with Gasteiger partial charge in [-0.3, -0.25) is 4.79 Å². The van der Waals surface area contributed by atoms with Crippen molar-refractivity contribution in [2.45, 2.75) is 45.7 Å². The minimum absolute atomic E-state index is 0.0750. The topological polar surface area (TPSA) is 41.1 Å². The zero-order chi connectivity index (χ0) is 13.7. The summed E-state index contributed by atoms with van der Waals surface area (Å²) in [5, 5.41) is 6.35. The summed E-state index contributed by atoms with van der Waals surface area (Å²) in [5.41, 5.74) is 2.61. The lowest BCUT2D eigenvalue weighted by Gasteiger charge is -2.25. The van der Waals surface area contributed by atoms with E-state index in [2.05, 4.69) is 36.6 Å². The van der Waals surface area contributed by atoms with Gasteiger partial charge in [0, 0.05) is 13.1 Å². The van der Waals surface area contributed by atoms with Gasteiger partial charge in [0.15, 0.2) is 0 Å². The maximum atomic E-state index is 12.1. The van der Waals surface area contributed by atoms with Gasteiger partial charge in [0.05, 0.1) is 6.04 Å². The Balaban J connectivity index is 1.79. The first-order valence-electron chi connectivity index (χ1n) is 7.24. The summed E-state index contributed by atoms with van der Waals surface area (Å²) >= 11 is 0. The van der Waals surface area contributed by atoms with E-state index >= 15 is 0 Å². The van der Waals surface area contributed by atoms with Gasteiger partial charge < -0.3 is 10.6 Å². The monoisotopic (exact) mass is 260 g/mol. The van der Waals surface area contributed by atoms with Gasteiger partial charge in [0.25, 0.3) is 0 Å². The molecule has 0 spiro atoms. The Bertz CT molecular complexity index is 429. The lowest BCUT2D eigenvalue weighted by atomic mass is 9.95. The van der Waals surface area contributed by atoms with E-state index in [1.54, 1.807) is 0 Å². The van der Waals surface area contributed by atoms with E-state index in [1.807, 2.05) is 12.1 Å². The van der Waals surface area contributed by atoms with Crippen molar-refractivity contribution in [2.75, 3.05) is 6.54 Å². The number of amides is 1. The van der Waals surface area contributed by atoms with Gasteiger partial charge in [-0.2, -0.15) is 0 Å². The molecular formula is C16H24N2O. The van der Waals surface area contributed by atoms with E-state index < -0.39 is 0 Å². The second-order valence-corrected chi connectivity index (χ2v) is 5.73. The molecule has 1 atom stereocenters. The van der Waals surface area contributed by atoms with Crippen LogP contribution in [0.5, 0.6) is 0 Å². The first-order valence-corrected chi connectivity index (χ1v) is 7.24. The number of hydrogen-bond acceptors (Lipinski definition) is 2. The summed E-state index contributed by atoms with van der Waals surface area (Å²) in [6.07, 6.45) is 3.03. The fourth-order valence-corrected chi connectivity index (χ4v) is 2.48. The minimum Gasteiger partial charge on any atom is -0.355 e. The lowest BCUT2D eigenvalue weighted by molar-refractivity contribution is -0.123. The molecule has 3 heteroatoms. The normalized spacial score (nSPS) is 18.2. The number of hydrogen-bond donors (Lipinski definition) is 2. The molecule has 0 aliphatic carbocycles. The van der Waals surface area contributed by atoms with Crippen LogP contribution in [0.25, 0.3) is 0 Å². The first-order chi connectivity index (χ1) is 9.16. The summed E-state index contributed by atoms with van der Waals surface area (Å²) in [5.74, 6) is 0.842. The molecule has 0 radical (unpaired) electrons. The maximum Gasteiger partial charge on any atom is 0.237 e. The average molecular weight is 260 g/mol. The summed E-state index contributed by atoms with van der Waals surface area (Å²) in [4.78, 5) is 12.1. The van der Waals surface area contributed by atoms with Crippen LogP contribution >= 0.6 is 0 Å². The van der Waals surface area contributed by atoms with Crippen LogP contribution in [0.1, 0.15) is 37.8 Å². The molecule has 0 saturated heterocycles. The number of rotatable bonds is 5. The highest BCUT2D eigenvalue weighted by atomic mass is 16.2. The SMILES string of the molecule is CC(C)CCCNC(=O)[C@@H]1Cc2ccccc2CN1. The van der Waals surface area contributed by atoms with E-state index in [9.17, 15) is 4.79 Å². The molecule has 3 nitrogen and oxygen atoms in total. The lowest BCUT2D eigenvalue weighted by Crippen LogP contribution is -2.47. The molecule has 1 heterocycles. The highest BCUT2D eigenvalue weighted by molar-refractivity contribution is 5.82. The van der Waals surface area contributed by atoms with E-state index in [1.165, 1.54) is 17.5 Å². The van der Waals surface area contributed by atoms with Gasteiger partial charge in [-0.25, -0.2) is 0 Å². The molecular weight excluding hydrogens is 236 g/mol. The van der Waals surface area contributed by atoms with Crippen molar-refractivity contribution in [1.29, 1.82) is 0 Å². The first kappa shape index (κ1) is 14.1. The van der Waals surface area contributed by atoms with Crippen LogP contribution in [-0.4, -0.2) is 18.5 Å². The number of fused-ring (bicyclic) bond motifs is 1. The zero-order valence-electron chi connectivity index (χ0n) is 11.9. The molecule has 1 aliphatic heterocycles. The van der Waals surface area contributed by atoms with E-state index in [0.717, 1.165) is 25.9 Å². The molecule has 0 unspecified atom stereocenters. The van der Waals surface area contributed by atoms with Crippen molar-refractivity contribution in [3.05, 3.63) is 35.4 Å². The predicted octanol–water partition coefficient (Wildman–Crippen LogP) is 2.25. The Labute approximate surface area is 115 Å². The van der Waals surface area contributed by atoms with E-state index in [-0.39, 0.29) is 11.9 Å². The molecule has 1 aromatic rings. The average Bonchev–Trinajstić information content (AvgIpc) is 2.42. The third kappa shape index (κ3) is 4.06. The Morgan fingerprint density at radius 2 is 2.11 bits per heavy atom. The van der Waals surface area contributed by atoms with Crippen molar-refractivity contribution in [3.63, 3.8) is 0 Å². The van der Waals surface area contributed by atoms with Crippen molar-refractivity contribution in [3.8, 4) is 0 Å². The molecule has 0 bridgehead atoms. The smallest absolute Gasteiger partial charge is 0.237 e. The van der Waals surface area contributed by atoms with Gasteiger partial charge in [-0.15, -0.1) is 0 Å². The third-order valence-electron chi connectivity index (χ3n) is 3.66. The minimum atomic E-state index is -0.0750. The van der Waals surface area contributed by atoms with Gasteiger partial charge in [-0.1, -0.05) is 38.1 Å². The predicted molar refractivity (Wildman–Crippen MR) is 77.9 cm³/mol. The quantitative estimate of drug-likeness (QED) is 0.797. The van der Waals surface area contributed by atoms with E-state index in [4.69, 9.17) is 0 Å². The Morgan fingerprint density at radius 1 is 1.37 bits per heavy atom. The summed E-state index contributed by atoms with van der Waals surface area (Å²) in [6, 6.07) is 8.26. The molecule has 0 fully saturated rings. The number of benzene rings is 1. The summed E-state index contributed by atoms with van der Waals surface area (Å²) in [6.45, 7) is 6.00. The molecule has 1 aliphatic rings. The number of carbonyl (C=O) groups excluding carboxylic acids is 1. The molecule has 0 saturated carbocycles. The van der Waals surface area contributed by atoms with Crippen LogP contribution in [0.3, 0.4) is 0 Å². The van der Waals surface area contributed by atoms with Crippen LogP contribution in [0.4, 0.5) is 0 Å². The molecule has 2 N–H and O–H groups in total. The van der Waals surface area contributed by atoms with Gasteiger partial charge in [0.1, 0.15) is 0 Å². The van der Waals surface area contributed by atoms with Crippen molar-refractivity contribution < 1.29 is 4.79 Å². The Kier molecular flexibility index (Phi) is 4.97. The van der Waals surface area contributed by atoms with Crippen molar-refractivity contribution in [2.24, 2.45) is 5.92 Å². The third-order valence-corrected chi connectivity index (χ3v) is 3.66. The van der Waals surface area contributed by atoms with Crippen LogP contribution in [0.15, 0.2) is 24.3 Å². The van der Waals surface area contributed by atoms with Crippen LogP contribution in [-0.2, 0) is 17.8 Å². The van der Waals surface area contributed by atoms with Crippen LogP contribution in [0.2, 0.25) is 0 Å². The van der Waals surface area contributed by atoms with Crippen molar-refractivity contribution in [1.82, 2.24) is 10.6 Å². The molecule has 1 aromatic carbocycles. The Hall–Kier alpha value is -1.35. The van der Waals surface area contributed by atoms with Crippen LogP contribution in [0, 0.1) is 5.92 Å². The van der Waals surface area contributed by atoms with Gasteiger partial charge in [-0.05, 0) is 36.3 Å². The van der Waals surface area contributed by atoms with Gasteiger partial charge in [0.2, 0.25) is 5.91 Å². The maximum absolute atomic E-state index is 12.1.